The van der Waals surface area contributed by atoms with E-state index in [0.29, 0.717) is 54.3 Å². The van der Waals surface area contributed by atoms with Gasteiger partial charge in [-0.1, -0.05) is 66.6 Å². The number of aryl methyl sites for hydroxylation is 2. The van der Waals surface area contributed by atoms with E-state index >= 15 is 0 Å². The van der Waals surface area contributed by atoms with Crippen LogP contribution in [0.3, 0.4) is 0 Å². The number of rotatable bonds is 9. The molecule has 0 aliphatic carbocycles. The summed E-state index contributed by atoms with van der Waals surface area (Å²) in [6.07, 6.45) is 1.25. The molecule has 0 saturated carbocycles. The van der Waals surface area contributed by atoms with Gasteiger partial charge in [0, 0.05) is 17.8 Å². The lowest BCUT2D eigenvalue weighted by Gasteiger charge is -2.33. The summed E-state index contributed by atoms with van der Waals surface area (Å²) in [7, 11) is 0. The lowest BCUT2D eigenvalue weighted by Crippen LogP contribution is -2.40. The van der Waals surface area contributed by atoms with E-state index in [0.717, 1.165) is 16.8 Å². The number of nitrogens with zero attached hydrogens (tertiary/aromatic N) is 4. The minimum absolute atomic E-state index is 0.0929. The summed E-state index contributed by atoms with van der Waals surface area (Å²) in [4.78, 5) is 29.3. The zero-order chi connectivity index (χ0) is 25.8. The van der Waals surface area contributed by atoms with Crippen molar-refractivity contribution in [2.75, 3.05) is 13.1 Å². The predicted octanol–water partition coefficient (Wildman–Crippen LogP) is 4.76. The summed E-state index contributed by atoms with van der Waals surface area (Å²) in [6, 6.07) is 18.9. The molecule has 0 spiro atoms. The van der Waals surface area contributed by atoms with Crippen LogP contribution in [0.25, 0.3) is 5.52 Å². The van der Waals surface area contributed by atoms with Gasteiger partial charge in [-0.3, -0.25) is 9.36 Å². The average Bonchev–Trinajstić information content (AvgIpc) is 3.18. The van der Waals surface area contributed by atoms with Crippen molar-refractivity contribution < 1.29 is 4.79 Å². The molecule has 2 N–H and O–H groups in total. The van der Waals surface area contributed by atoms with Crippen molar-refractivity contribution in [3.05, 3.63) is 104 Å². The SMILES string of the molecule is CC[C@@H](c1cc2c(Cl)c(C)nn2c(=O)n1Cc1ccccc1)N(CCCN)C(=O)c1ccc(C)cc1. The molecule has 2 aromatic heterocycles. The number of nitrogens with two attached hydrogens (primary N) is 1. The van der Waals surface area contributed by atoms with Crippen molar-refractivity contribution in [2.24, 2.45) is 5.73 Å². The highest BCUT2D eigenvalue weighted by Gasteiger charge is 2.29. The van der Waals surface area contributed by atoms with E-state index < -0.39 is 0 Å². The Kier molecular flexibility index (Phi) is 7.91. The van der Waals surface area contributed by atoms with Crippen LogP contribution in [0.5, 0.6) is 0 Å². The second-order valence-electron chi connectivity index (χ2n) is 9.05. The van der Waals surface area contributed by atoms with E-state index in [1.807, 2.05) is 79.4 Å². The summed E-state index contributed by atoms with van der Waals surface area (Å²) < 4.78 is 3.06. The molecule has 8 heteroatoms. The number of aromatic nitrogens is 3. The van der Waals surface area contributed by atoms with E-state index in [1.165, 1.54) is 4.52 Å². The van der Waals surface area contributed by atoms with Crippen molar-refractivity contribution >= 4 is 23.0 Å². The van der Waals surface area contributed by atoms with E-state index in [2.05, 4.69) is 5.10 Å². The summed E-state index contributed by atoms with van der Waals surface area (Å²) in [5.74, 6) is -0.0929. The minimum atomic E-state index is -0.363. The molecule has 1 amide bonds. The first-order chi connectivity index (χ1) is 17.3. The third kappa shape index (κ3) is 5.08. The first-order valence-electron chi connectivity index (χ1n) is 12.3. The Morgan fingerprint density at radius 2 is 1.81 bits per heavy atom. The van der Waals surface area contributed by atoms with Crippen molar-refractivity contribution in [1.29, 1.82) is 0 Å². The molecule has 4 aromatic rings. The van der Waals surface area contributed by atoms with Crippen LogP contribution in [0.2, 0.25) is 5.02 Å². The Morgan fingerprint density at radius 3 is 2.44 bits per heavy atom. The highest BCUT2D eigenvalue weighted by molar-refractivity contribution is 6.34. The molecule has 7 nitrogen and oxygen atoms in total. The standard InChI is InChI=1S/C28H32ClN5O2/c1-4-23(32(16-8-15-30)27(35)22-13-11-19(2)12-14-22)24-17-25-26(29)20(3)31-34(25)28(36)33(24)18-21-9-6-5-7-10-21/h5-7,9-14,17,23H,4,8,15-16,18,30H2,1-3H3/t23-/m0/s1. The van der Waals surface area contributed by atoms with E-state index in [1.54, 1.807) is 11.5 Å². The third-order valence-corrected chi connectivity index (χ3v) is 6.95. The van der Waals surface area contributed by atoms with E-state index in [9.17, 15) is 9.59 Å². The second-order valence-corrected chi connectivity index (χ2v) is 9.43. The Labute approximate surface area is 216 Å². The largest absolute Gasteiger partial charge is 0.349 e. The van der Waals surface area contributed by atoms with Crippen LogP contribution in [0.4, 0.5) is 0 Å². The van der Waals surface area contributed by atoms with Crippen molar-refractivity contribution in [1.82, 2.24) is 19.1 Å². The smallest absolute Gasteiger partial charge is 0.330 e. The average molecular weight is 506 g/mol. The van der Waals surface area contributed by atoms with Crippen LogP contribution < -0.4 is 11.4 Å². The molecule has 0 aliphatic rings. The number of hydrogen-bond donors (Lipinski definition) is 1. The Hall–Kier alpha value is -3.42. The van der Waals surface area contributed by atoms with Gasteiger partial charge in [0.1, 0.15) is 0 Å². The molecular weight excluding hydrogens is 474 g/mol. The summed E-state index contributed by atoms with van der Waals surface area (Å²) >= 11 is 6.55. The Balaban J connectivity index is 1.90. The number of benzene rings is 2. The van der Waals surface area contributed by atoms with Crippen LogP contribution in [0.15, 0.2) is 65.5 Å². The van der Waals surface area contributed by atoms with E-state index in [4.69, 9.17) is 17.3 Å². The summed E-state index contributed by atoms with van der Waals surface area (Å²) in [6.45, 7) is 7.07. The fourth-order valence-electron chi connectivity index (χ4n) is 4.55. The molecule has 188 valence electrons. The van der Waals surface area contributed by atoms with Crippen LogP contribution in [-0.2, 0) is 6.54 Å². The van der Waals surface area contributed by atoms with Crippen molar-refractivity contribution in [3.63, 3.8) is 0 Å². The van der Waals surface area contributed by atoms with Gasteiger partial charge in [-0.2, -0.15) is 9.61 Å². The maximum atomic E-state index is 13.8. The number of carbonyl (C=O) groups excluding carboxylic acids is 1. The highest BCUT2D eigenvalue weighted by Crippen LogP contribution is 2.30. The van der Waals surface area contributed by atoms with Gasteiger partial charge < -0.3 is 10.6 Å². The molecule has 0 bridgehead atoms. The number of carbonyl (C=O) groups is 1. The van der Waals surface area contributed by atoms with Gasteiger partial charge in [0.2, 0.25) is 0 Å². The molecule has 2 aromatic carbocycles. The molecule has 0 saturated heterocycles. The monoisotopic (exact) mass is 505 g/mol. The molecule has 0 radical (unpaired) electrons. The van der Waals surface area contributed by atoms with Crippen LogP contribution in [-0.4, -0.2) is 38.1 Å². The highest BCUT2D eigenvalue weighted by atomic mass is 35.5. The topological polar surface area (TPSA) is 85.6 Å². The number of hydrogen-bond acceptors (Lipinski definition) is 4. The maximum Gasteiger partial charge on any atom is 0.349 e. The zero-order valence-electron chi connectivity index (χ0n) is 20.9. The molecule has 0 fully saturated rings. The molecular formula is C28H32ClN5O2. The number of halogens is 1. The zero-order valence-corrected chi connectivity index (χ0v) is 21.7. The molecule has 1 atom stereocenters. The van der Waals surface area contributed by atoms with Gasteiger partial charge in [0.05, 0.1) is 28.8 Å². The molecule has 4 rings (SSSR count). The first-order valence-corrected chi connectivity index (χ1v) is 12.6. The quantitative estimate of drug-likeness (QED) is 0.355. The lowest BCUT2D eigenvalue weighted by atomic mass is 10.0. The number of fused-ring (bicyclic) bond motifs is 1. The normalized spacial score (nSPS) is 12.1. The van der Waals surface area contributed by atoms with Gasteiger partial charge in [0.15, 0.2) is 0 Å². The first kappa shape index (κ1) is 25.7. The fraction of sp³-hybridized carbons (Fsp3) is 0.321. The summed E-state index contributed by atoms with van der Waals surface area (Å²) in [5, 5.41) is 4.82. The molecule has 0 unspecified atom stereocenters. The van der Waals surface area contributed by atoms with Gasteiger partial charge in [-0.25, -0.2) is 4.79 Å². The number of amides is 1. The molecule has 2 heterocycles. The maximum absolute atomic E-state index is 13.8. The van der Waals surface area contributed by atoms with Crippen LogP contribution in [0.1, 0.15) is 58.7 Å². The van der Waals surface area contributed by atoms with Gasteiger partial charge >= 0.3 is 5.69 Å². The fourth-order valence-corrected chi connectivity index (χ4v) is 4.72. The minimum Gasteiger partial charge on any atom is -0.330 e. The van der Waals surface area contributed by atoms with Crippen LogP contribution in [0, 0.1) is 13.8 Å². The van der Waals surface area contributed by atoms with Gasteiger partial charge in [-0.15, -0.1) is 0 Å². The van der Waals surface area contributed by atoms with Gasteiger partial charge in [0.25, 0.3) is 5.91 Å². The Bertz CT molecular complexity index is 1410. The van der Waals surface area contributed by atoms with Crippen LogP contribution >= 0.6 is 11.6 Å². The Morgan fingerprint density at radius 1 is 1.11 bits per heavy atom. The van der Waals surface area contributed by atoms with E-state index in [-0.39, 0.29) is 17.6 Å². The van der Waals surface area contributed by atoms with Crippen molar-refractivity contribution in [3.8, 4) is 0 Å². The molecule has 0 aliphatic heterocycles. The second kappa shape index (κ2) is 11.1. The third-order valence-electron chi connectivity index (χ3n) is 6.48. The molecule has 36 heavy (non-hydrogen) atoms. The predicted molar refractivity (Wildman–Crippen MR) is 144 cm³/mol. The summed E-state index contributed by atoms with van der Waals surface area (Å²) in [5.41, 5.74) is 10.1. The van der Waals surface area contributed by atoms with Gasteiger partial charge in [-0.05, 0) is 57.0 Å². The van der Waals surface area contributed by atoms with Crippen molar-refractivity contribution in [2.45, 2.75) is 46.2 Å². The lowest BCUT2D eigenvalue weighted by molar-refractivity contribution is 0.0660.